The molecule has 0 aliphatic heterocycles. The maximum Gasteiger partial charge on any atom is 0.416 e. The number of methoxy groups -OCH3 is 1. The lowest BCUT2D eigenvalue weighted by molar-refractivity contribution is -0.137. The Morgan fingerprint density at radius 3 is 1.70 bits per heavy atom. The number of amides is 2. The third-order valence-electron chi connectivity index (χ3n) is 3.41. The SMILES string of the molecule is COC(=O)c1ccc(NC(=O)CC(=O)Nc2ccc(C(F)(F)F)cc2)cc1. The second-order valence-corrected chi connectivity index (χ2v) is 5.42. The average Bonchev–Trinajstić information content (AvgIpc) is 2.61. The van der Waals surface area contributed by atoms with Crippen LogP contribution in [-0.2, 0) is 20.5 Å². The maximum atomic E-state index is 12.5. The van der Waals surface area contributed by atoms with Crippen LogP contribution in [0.15, 0.2) is 48.5 Å². The van der Waals surface area contributed by atoms with Gasteiger partial charge >= 0.3 is 12.1 Å². The Balaban J connectivity index is 1.88. The molecule has 0 atom stereocenters. The number of alkyl halides is 3. The number of benzene rings is 2. The second-order valence-electron chi connectivity index (χ2n) is 5.42. The zero-order chi connectivity index (χ0) is 20.0. The first-order valence-corrected chi connectivity index (χ1v) is 7.64. The van der Waals surface area contributed by atoms with Crippen molar-refractivity contribution in [3.8, 4) is 0 Å². The molecular formula is C18H15F3N2O4. The summed E-state index contributed by atoms with van der Waals surface area (Å²) in [5.74, 6) is -1.83. The Morgan fingerprint density at radius 1 is 0.852 bits per heavy atom. The van der Waals surface area contributed by atoms with Gasteiger partial charge in [0.2, 0.25) is 11.8 Å². The van der Waals surface area contributed by atoms with Crippen LogP contribution in [0.2, 0.25) is 0 Å². The Kier molecular flexibility index (Phi) is 6.17. The lowest BCUT2D eigenvalue weighted by Gasteiger charge is -2.09. The van der Waals surface area contributed by atoms with Crippen molar-refractivity contribution in [2.75, 3.05) is 17.7 Å². The quantitative estimate of drug-likeness (QED) is 0.615. The topological polar surface area (TPSA) is 84.5 Å². The Bertz CT molecular complexity index is 831. The van der Waals surface area contributed by atoms with E-state index in [0.717, 1.165) is 24.3 Å². The molecule has 0 bridgehead atoms. The van der Waals surface area contributed by atoms with Crippen LogP contribution in [0.4, 0.5) is 24.5 Å². The van der Waals surface area contributed by atoms with Crippen LogP contribution < -0.4 is 10.6 Å². The predicted molar refractivity (Wildman–Crippen MR) is 91.1 cm³/mol. The van der Waals surface area contributed by atoms with E-state index in [0.29, 0.717) is 11.3 Å². The van der Waals surface area contributed by atoms with Gasteiger partial charge in [0.25, 0.3) is 0 Å². The average molecular weight is 380 g/mol. The fraction of sp³-hybridized carbons (Fsp3) is 0.167. The molecule has 2 rings (SSSR count). The Morgan fingerprint density at radius 2 is 1.30 bits per heavy atom. The van der Waals surface area contributed by atoms with E-state index in [2.05, 4.69) is 15.4 Å². The third kappa shape index (κ3) is 5.84. The normalized spacial score (nSPS) is 10.8. The molecule has 0 heterocycles. The largest absolute Gasteiger partial charge is 0.465 e. The molecule has 27 heavy (non-hydrogen) atoms. The van der Waals surface area contributed by atoms with Gasteiger partial charge in [-0.1, -0.05) is 0 Å². The van der Waals surface area contributed by atoms with Crippen LogP contribution in [0.5, 0.6) is 0 Å². The summed E-state index contributed by atoms with van der Waals surface area (Å²) in [7, 11) is 1.24. The summed E-state index contributed by atoms with van der Waals surface area (Å²) in [6, 6.07) is 9.70. The number of anilines is 2. The molecular weight excluding hydrogens is 365 g/mol. The van der Waals surface area contributed by atoms with Gasteiger partial charge in [-0.2, -0.15) is 13.2 Å². The fourth-order valence-electron chi connectivity index (χ4n) is 2.11. The van der Waals surface area contributed by atoms with Crippen molar-refractivity contribution in [1.82, 2.24) is 0 Å². The third-order valence-corrected chi connectivity index (χ3v) is 3.41. The second kappa shape index (κ2) is 8.35. The van der Waals surface area contributed by atoms with Crippen LogP contribution >= 0.6 is 0 Å². The molecule has 0 radical (unpaired) electrons. The van der Waals surface area contributed by atoms with E-state index < -0.39 is 35.9 Å². The van der Waals surface area contributed by atoms with Crippen molar-refractivity contribution in [2.24, 2.45) is 0 Å². The standard InChI is InChI=1S/C18H15F3N2O4/c1-27-17(26)11-2-6-13(7-3-11)22-15(24)10-16(25)23-14-8-4-12(5-9-14)18(19,20)21/h2-9H,10H2,1H3,(H,22,24)(H,23,25). The van der Waals surface area contributed by atoms with Crippen LogP contribution in [0.25, 0.3) is 0 Å². The lowest BCUT2D eigenvalue weighted by Crippen LogP contribution is -2.21. The zero-order valence-corrected chi connectivity index (χ0v) is 14.1. The van der Waals surface area contributed by atoms with Crippen molar-refractivity contribution < 1.29 is 32.3 Å². The molecule has 6 nitrogen and oxygen atoms in total. The zero-order valence-electron chi connectivity index (χ0n) is 14.1. The summed E-state index contributed by atoms with van der Waals surface area (Å²) in [5, 5.41) is 4.81. The number of rotatable bonds is 5. The number of carbonyl (C=O) groups excluding carboxylic acids is 3. The first-order chi connectivity index (χ1) is 12.7. The van der Waals surface area contributed by atoms with E-state index in [1.165, 1.54) is 31.4 Å². The van der Waals surface area contributed by atoms with E-state index in [-0.39, 0.29) is 5.69 Å². The van der Waals surface area contributed by atoms with Crippen molar-refractivity contribution in [1.29, 1.82) is 0 Å². The van der Waals surface area contributed by atoms with Crippen molar-refractivity contribution in [2.45, 2.75) is 12.6 Å². The summed E-state index contributed by atoms with van der Waals surface area (Å²) in [5.41, 5.74) is -0.0256. The van der Waals surface area contributed by atoms with E-state index in [1.807, 2.05) is 0 Å². The molecule has 2 aromatic carbocycles. The number of ether oxygens (including phenoxy) is 1. The molecule has 0 saturated heterocycles. The maximum absolute atomic E-state index is 12.5. The fourth-order valence-corrected chi connectivity index (χ4v) is 2.11. The molecule has 0 aliphatic rings. The summed E-state index contributed by atoms with van der Waals surface area (Å²) in [6.07, 6.45) is -4.99. The van der Waals surface area contributed by atoms with Gasteiger partial charge in [-0.15, -0.1) is 0 Å². The molecule has 2 N–H and O–H groups in total. The smallest absolute Gasteiger partial charge is 0.416 e. The highest BCUT2D eigenvalue weighted by Crippen LogP contribution is 2.29. The predicted octanol–water partition coefficient (Wildman–Crippen LogP) is 3.46. The van der Waals surface area contributed by atoms with Crippen molar-refractivity contribution in [3.05, 3.63) is 59.7 Å². The minimum Gasteiger partial charge on any atom is -0.465 e. The number of hydrogen-bond acceptors (Lipinski definition) is 4. The number of halogens is 3. The van der Waals surface area contributed by atoms with Crippen LogP contribution in [0.3, 0.4) is 0 Å². The van der Waals surface area contributed by atoms with Gasteiger partial charge in [-0.05, 0) is 48.5 Å². The van der Waals surface area contributed by atoms with E-state index in [9.17, 15) is 27.6 Å². The van der Waals surface area contributed by atoms with Crippen LogP contribution in [0, 0.1) is 0 Å². The van der Waals surface area contributed by atoms with Crippen LogP contribution in [-0.4, -0.2) is 24.9 Å². The molecule has 0 saturated carbocycles. The molecule has 0 fully saturated rings. The number of carbonyl (C=O) groups is 3. The van der Waals surface area contributed by atoms with E-state index >= 15 is 0 Å². The van der Waals surface area contributed by atoms with Gasteiger partial charge in [0.1, 0.15) is 6.42 Å². The Labute approximate surface area is 152 Å². The van der Waals surface area contributed by atoms with Gasteiger partial charge in [-0.3, -0.25) is 9.59 Å². The van der Waals surface area contributed by atoms with Crippen molar-refractivity contribution >= 4 is 29.2 Å². The molecule has 0 aromatic heterocycles. The van der Waals surface area contributed by atoms with Crippen molar-refractivity contribution in [3.63, 3.8) is 0 Å². The van der Waals surface area contributed by atoms with Gasteiger partial charge in [0, 0.05) is 11.4 Å². The highest BCUT2D eigenvalue weighted by molar-refractivity contribution is 6.08. The summed E-state index contributed by atoms with van der Waals surface area (Å²) in [6.45, 7) is 0. The first-order valence-electron chi connectivity index (χ1n) is 7.64. The van der Waals surface area contributed by atoms with E-state index in [1.54, 1.807) is 0 Å². The molecule has 142 valence electrons. The van der Waals surface area contributed by atoms with Gasteiger partial charge in [0.05, 0.1) is 18.2 Å². The highest BCUT2D eigenvalue weighted by atomic mass is 19.4. The molecule has 2 aromatic rings. The molecule has 0 spiro atoms. The van der Waals surface area contributed by atoms with Gasteiger partial charge in [0.15, 0.2) is 0 Å². The molecule has 9 heteroatoms. The lowest BCUT2D eigenvalue weighted by atomic mass is 10.2. The minimum atomic E-state index is -4.47. The van der Waals surface area contributed by atoms with Gasteiger partial charge in [-0.25, -0.2) is 4.79 Å². The summed E-state index contributed by atoms with van der Waals surface area (Å²) < 4.78 is 42.0. The highest BCUT2D eigenvalue weighted by Gasteiger charge is 2.30. The molecule has 0 aliphatic carbocycles. The van der Waals surface area contributed by atoms with Gasteiger partial charge < -0.3 is 15.4 Å². The number of nitrogens with one attached hydrogen (secondary N) is 2. The summed E-state index contributed by atoms with van der Waals surface area (Å²) >= 11 is 0. The molecule has 0 unspecified atom stereocenters. The van der Waals surface area contributed by atoms with Crippen LogP contribution in [0.1, 0.15) is 22.3 Å². The monoisotopic (exact) mass is 380 g/mol. The molecule has 2 amide bonds. The first kappa shape index (κ1) is 20.0. The number of esters is 1. The number of hydrogen-bond donors (Lipinski definition) is 2. The Hall–Kier alpha value is -3.36. The minimum absolute atomic E-state index is 0.142. The van der Waals surface area contributed by atoms with E-state index in [4.69, 9.17) is 0 Å². The summed E-state index contributed by atoms with van der Waals surface area (Å²) in [4.78, 5) is 35.0.